The lowest BCUT2D eigenvalue weighted by Crippen LogP contribution is -1.94. The Bertz CT molecular complexity index is 94.2. The van der Waals surface area contributed by atoms with Crippen LogP contribution in [-0.4, -0.2) is 0 Å². The summed E-state index contributed by atoms with van der Waals surface area (Å²) in [6.07, 6.45) is 5.72. The number of rotatable bonds is 3. The van der Waals surface area contributed by atoms with Crippen LogP contribution in [0.2, 0.25) is 0 Å². The summed E-state index contributed by atoms with van der Waals surface area (Å²) < 4.78 is 0. The highest BCUT2D eigenvalue weighted by Crippen LogP contribution is 2.56. The molecule has 0 aromatic heterocycles. The highest BCUT2D eigenvalue weighted by atomic mass is 14.5. The van der Waals surface area contributed by atoms with Gasteiger partial charge in [0.15, 0.2) is 0 Å². The van der Waals surface area contributed by atoms with E-state index in [4.69, 9.17) is 0 Å². The van der Waals surface area contributed by atoms with Gasteiger partial charge in [0, 0.05) is 0 Å². The van der Waals surface area contributed by atoms with Gasteiger partial charge in [0.05, 0.1) is 0 Å². The van der Waals surface area contributed by atoms with Crippen LogP contribution in [0, 0.1) is 11.3 Å². The van der Waals surface area contributed by atoms with Crippen molar-refractivity contribution in [1.29, 1.82) is 0 Å². The predicted octanol–water partition coefficient (Wildman–Crippen LogP) is 3.22. The lowest BCUT2D eigenvalue weighted by Gasteiger charge is -2.04. The molecule has 0 saturated heterocycles. The summed E-state index contributed by atoms with van der Waals surface area (Å²) in [6, 6.07) is 0. The van der Waals surface area contributed by atoms with Gasteiger partial charge in [-0.05, 0) is 17.8 Å². The molecule has 0 bridgehead atoms. The average Bonchev–Trinajstić information content (AvgIpc) is 2.46. The van der Waals surface area contributed by atoms with Crippen molar-refractivity contribution in [3.8, 4) is 0 Å². The molecule has 0 aliphatic heterocycles. The monoisotopic (exact) mass is 126 g/mol. The predicted molar refractivity (Wildman–Crippen MR) is 41.4 cm³/mol. The Balaban J connectivity index is 2.22. The molecule has 9 heavy (non-hydrogen) atoms. The lowest BCUT2D eigenvalue weighted by molar-refractivity contribution is 0.465. The SMILES string of the molecule is CCCC1CC1(C)CC. The van der Waals surface area contributed by atoms with Gasteiger partial charge in [-0.1, -0.05) is 40.0 Å². The van der Waals surface area contributed by atoms with Gasteiger partial charge in [0.1, 0.15) is 0 Å². The Labute approximate surface area is 58.7 Å². The quantitative estimate of drug-likeness (QED) is 0.544. The molecule has 1 saturated carbocycles. The number of hydrogen-bond donors (Lipinski definition) is 0. The highest BCUT2D eigenvalue weighted by Gasteiger charge is 2.46. The molecule has 0 heteroatoms. The summed E-state index contributed by atoms with van der Waals surface area (Å²) in [5.74, 6) is 1.08. The van der Waals surface area contributed by atoms with Gasteiger partial charge in [0.25, 0.3) is 0 Å². The van der Waals surface area contributed by atoms with Gasteiger partial charge in [-0.25, -0.2) is 0 Å². The van der Waals surface area contributed by atoms with E-state index in [0.717, 1.165) is 11.3 Å². The second kappa shape index (κ2) is 2.32. The first kappa shape index (κ1) is 7.11. The third kappa shape index (κ3) is 1.28. The lowest BCUT2D eigenvalue weighted by atomic mass is 10.0. The van der Waals surface area contributed by atoms with Crippen LogP contribution in [-0.2, 0) is 0 Å². The van der Waals surface area contributed by atoms with Gasteiger partial charge in [-0.3, -0.25) is 0 Å². The van der Waals surface area contributed by atoms with E-state index >= 15 is 0 Å². The molecule has 2 atom stereocenters. The fourth-order valence-corrected chi connectivity index (χ4v) is 1.74. The van der Waals surface area contributed by atoms with Crippen molar-refractivity contribution >= 4 is 0 Å². The smallest absolute Gasteiger partial charge is 0.0297 e. The first-order valence-electron chi connectivity index (χ1n) is 4.23. The maximum absolute atomic E-state index is 2.42. The minimum absolute atomic E-state index is 0.760. The molecule has 0 spiro atoms. The van der Waals surface area contributed by atoms with E-state index in [1.807, 2.05) is 0 Å². The Kier molecular flexibility index (Phi) is 1.83. The van der Waals surface area contributed by atoms with Gasteiger partial charge >= 0.3 is 0 Å². The molecule has 1 rings (SSSR count). The molecule has 1 fully saturated rings. The van der Waals surface area contributed by atoms with Crippen molar-refractivity contribution in [2.24, 2.45) is 11.3 Å². The largest absolute Gasteiger partial charge is 0.0654 e. The van der Waals surface area contributed by atoms with E-state index in [2.05, 4.69) is 20.8 Å². The van der Waals surface area contributed by atoms with Gasteiger partial charge in [-0.2, -0.15) is 0 Å². The van der Waals surface area contributed by atoms with E-state index in [0.29, 0.717) is 0 Å². The van der Waals surface area contributed by atoms with Gasteiger partial charge < -0.3 is 0 Å². The van der Waals surface area contributed by atoms with E-state index in [1.165, 1.54) is 25.7 Å². The normalized spacial score (nSPS) is 41.0. The summed E-state index contributed by atoms with van der Waals surface area (Å²) in [6.45, 7) is 7.03. The fourth-order valence-electron chi connectivity index (χ4n) is 1.74. The minimum atomic E-state index is 0.760. The summed E-state index contributed by atoms with van der Waals surface area (Å²) in [4.78, 5) is 0. The van der Waals surface area contributed by atoms with Crippen molar-refractivity contribution in [2.45, 2.75) is 46.5 Å². The Morgan fingerprint density at radius 3 is 2.44 bits per heavy atom. The highest BCUT2D eigenvalue weighted by molar-refractivity contribution is 4.96. The van der Waals surface area contributed by atoms with Crippen LogP contribution in [0.25, 0.3) is 0 Å². The molecule has 1 aliphatic rings. The molecular formula is C9H18. The van der Waals surface area contributed by atoms with E-state index in [9.17, 15) is 0 Å². The maximum Gasteiger partial charge on any atom is -0.0297 e. The third-order valence-electron chi connectivity index (χ3n) is 2.98. The molecule has 0 aromatic carbocycles. The topological polar surface area (TPSA) is 0 Å². The molecule has 1 aliphatic carbocycles. The van der Waals surface area contributed by atoms with Gasteiger partial charge in [-0.15, -0.1) is 0 Å². The maximum atomic E-state index is 2.42. The minimum Gasteiger partial charge on any atom is -0.0654 e. The summed E-state index contributed by atoms with van der Waals surface area (Å²) in [7, 11) is 0. The van der Waals surface area contributed by atoms with Crippen molar-refractivity contribution in [2.75, 3.05) is 0 Å². The second-order valence-corrected chi connectivity index (χ2v) is 3.70. The third-order valence-corrected chi connectivity index (χ3v) is 2.98. The van der Waals surface area contributed by atoms with Crippen LogP contribution < -0.4 is 0 Å². The zero-order valence-electron chi connectivity index (χ0n) is 6.91. The summed E-state index contributed by atoms with van der Waals surface area (Å²) in [5, 5.41) is 0. The zero-order chi connectivity index (χ0) is 6.91. The van der Waals surface area contributed by atoms with Crippen LogP contribution in [0.4, 0.5) is 0 Å². The number of hydrogen-bond acceptors (Lipinski definition) is 0. The zero-order valence-corrected chi connectivity index (χ0v) is 6.91. The van der Waals surface area contributed by atoms with Crippen molar-refractivity contribution in [1.82, 2.24) is 0 Å². The van der Waals surface area contributed by atoms with Crippen molar-refractivity contribution < 1.29 is 0 Å². The Morgan fingerprint density at radius 2 is 2.11 bits per heavy atom. The standard InChI is InChI=1S/C9H18/c1-4-6-8-7-9(8,3)5-2/h8H,4-7H2,1-3H3. The molecule has 0 heterocycles. The first-order chi connectivity index (χ1) is 4.23. The molecule has 54 valence electrons. The van der Waals surface area contributed by atoms with Gasteiger partial charge in [0.2, 0.25) is 0 Å². The van der Waals surface area contributed by atoms with Crippen LogP contribution in [0.1, 0.15) is 46.5 Å². The molecule has 0 N–H and O–H groups in total. The average molecular weight is 126 g/mol. The molecule has 0 aromatic rings. The Morgan fingerprint density at radius 1 is 1.44 bits per heavy atom. The van der Waals surface area contributed by atoms with Crippen molar-refractivity contribution in [3.63, 3.8) is 0 Å². The van der Waals surface area contributed by atoms with Crippen molar-refractivity contribution in [3.05, 3.63) is 0 Å². The van der Waals surface area contributed by atoms with Crippen LogP contribution >= 0.6 is 0 Å². The van der Waals surface area contributed by atoms with Crippen LogP contribution in [0.15, 0.2) is 0 Å². The van der Waals surface area contributed by atoms with Crippen LogP contribution in [0.3, 0.4) is 0 Å². The second-order valence-electron chi connectivity index (χ2n) is 3.70. The molecular weight excluding hydrogens is 108 g/mol. The van der Waals surface area contributed by atoms with E-state index in [-0.39, 0.29) is 0 Å². The molecule has 2 unspecified atom stereocenters. The molecule has 0 radical (unpaired) electrons. The van der Waals surface area contributed by atoms with E-state index in [1.54, 1.807) is 0 Å². The fraction of sp³-hybridized carbons (Fsp3) is 1.00. The summed E-state index contributed by atoms with van der Waals surface area (Å²) in [5.41, 5.74) is 0.760. The van der Waals surface area contributed by atoms with E-state index < -0.39 is 0 Å². The summed E-state index contributed by atoms with van der Waals surface area (Å²) >= 11 is 0. The molecule has 0 amide bonds. The Hall–Kier alpha value is 0. The molecule has 0 nitrogen and oxygen atoms in total. The van der Waals surface area contributed by atoms with Crippen LogP contribution in [0.5, 0.6) is 0 Å². The first-order valence-corrected chi connectivity index (χ1v) is 4.23.